The SMILES string of the molecule is Cc1cc(C(=O)NNC(=O)C23CC4CC(CC(C4)C2)C3)c2c(C)noc2n1. The number of carbonyl (C=O) groups excluding carboxylic acids is 2. The first-order chi connectivity index (χ1) is 12.9. The van der Waals surface area contributed by atoms with Crippen LogP contribution in [0.25, 0.3) is 11.1 Å². The summed E-state index contributed by atoms with van der Waals surface area (Å²) in [6.45, 7) is 3.57. The number of hydrogen-bond acceptors (Lipinski definition) is 5. The van der Waals surface area contributed by atoms with Crippen LogP contribution in [0.2, 0.25) is 0 Å². The average Bonchev–Trinajstić information content (AvgIpc) is 2.98. The van der Waals surface area contributed by atoms with Gasteiger partial charge in [-0.1, -0.05) is 5.16 Å². The highest BCUT2D eigenvalue weighted by atomic mass is 16.5. The zero-order valence-electron chi connectivity index (χ0n) is 15.7. The summed E-state index contributed by atoms with van der Waals surface area (Å²) in [5.74, 6) is 1.65. The van der Waals surface area contributed by atoms with Gasteiger partial charge in [-0.2, -0.15) is 0 Å². The minimum Gasteiger partial charge on any atom is -0.336 e. The van der Waals surface area contributed by atoms with Crippen molar-refractivity contribution >= 4 is 22.9 Å². The Morgan fingerprint density at radius 1 is 1.07 bits per heavy atom. The number of carbonyl (C=O) groups is 2. The maximum absolute atomic E-state index is 13.0. The van der Waals surface area contributed by atoms with Crippen molar-refractivity contribution in [3.8, 4) is 0 Å². The fraction of sp³-hybridized carbons (Fsp3) is 0.600. The maximum Gasteiger partial charge on any atom is 0.270 e. The lowest BCUT2D eigenvalue weighted by Crippen LogP contribution is -2.56. The number of amides is 2. The van der Waals surface area contributed by atoms with Crippen molar-refractivity contribution in [1.29, 1.82) is 0 Å². The minimum absolute atomic E-state index is 0.0287. The van der Waals surface area contributed by atoms with Crippen LogP contribution >= 0.6 is 0 Å². The molecule has 4 bridgehead atoms. The van der Waals surface area contributed by atoms with Crippen molar-refractivity contribution in [1.82, 2.24) is 21.0 Å². The molecule has 0 radical (unpaired) electrons. The second kappa shape index (κ2) is 5.78. The van der Waals surface area contributed by atoms with Crippen molar-refractivity contribution in [3.05, 3.63) is 23.0 Å². The molecule has 0 unspecified atom stereocenters. The molecule has 2 heterocycles. The van der Waals surface area contributed by atoms with E-state index < -0.39 is 0 Å². The Kier molecular flexibility index (Phi) is 3.58. The fourth-order valence-corrected chi connectivity index (χ4v) is 6.10. The van der Waals surface area contributed by atoms with Gasteiger partial charge in [0.25, 0.3) is 11.6 Å². The van der Waals surface area contributed by atoms with E-state index in [0.29, 0.717) is 45.8 Å². The van der Waals surface area contributed by atoms with E-state index >= 15 is 0 Å². The molecule has 4 aliphatic carbocycles. The zero-order valence-corrected chi connectivity index (χ0v) is 15.7. The number of rotatable bonds is 2. The Morgan fingerprint density at radius 3 is 2.33 bits per heavy atom. The predicted molar refractivity (Wildman–Crippen MR) is 97.5 cm³/mol. The van der Waals surface area contributed by atoms with Gasteiger partial charge in [0.2, 0.25) is 5.91 Å². The predicted octanol–water partition coefficient (Wildman–Crippen LogP) is 2.82. The molecule has 2 aromatic rings. The van der Waals surface area contributed by atoms with E-state index in [1.54, 1.807) is 19.9 Å². The van der Waals surface area contributed by atoms with E-state index in [1.165, 1.54) is 19.3 Å². The van der Waals surface area contributed by atoms with Gasteiger partial charge in [-0.05, 0) is 76.2 Å². The third-order valence-corrected chi connectivity index (χ3v) is 6.80. The normalized spacial score (nSPS) is 31.3. The summed E-state index contributed by atoms with van der Waals surface area (Å²) in [5.41, 5.74) is 7.08. The monoisotopic (exact) mass is 368 g/mol. The van der Waals surface area contributed by atoms with Crippen LogP contribution in [0.1, 0.15) is 60.3 Å². The molecular formula is C20H24N4O3. The van der Waals surface area contributed by atoms with Gasteiger partial charge in [0, 0.05) is 5.69 Å². The standard InChI is InChI=1S/C20H24N4O3/c1-10-3-15(16-11(2)24-27-18(16)21-10)17(25)22-23-19(26)20-7-12-4-13(8-20)6-14(5-12)9-20/h3,12-14H,4-9H2,1-2H3,(H,22,25)(H,23,26). The second-order valence-corrected chi connectivity index (χ2v) is 8.87. The van der Waals surface area contributed by atoms with Crippen molar-refractivity contribution in [2.45, 2.75) is 52.4 Å². The Labute approximate surface area is 157 Å². The van der Waals surface area contributed by atoms with Crippen LogP contribution in [-0.2, 0) is 4.79 Å². The first kappa shape index (κ1) is 16.7. The largest absolute Gasteiger partial charge is 0.336 e. The molecule has 2 amide bonds. The highest BCUT2D eigenvalue weighted by Crippen LogP contribution is 2.60. The minimum atomic E-state index is -0.366. The Balaban J connectivity index is 1.34. The maximum atomic E-state index is 13.0. The van der Waals surface area contributed by atoms with Gasteiger partial charge in [-0.15, -0.1) is 0 Å². The number of aromatic nitrogens is 2. The molecular weight excluding hydrogens is 344 g/mol. The first-order valence-electron chi connectivity index (χ1n) is 9.78. The van der Waals surface area contributed by atoms with E-state index in [1.807, 2.05) is 0 Å². The molecule has 2 aromatic heterocycles. The zero-order chi connectivity index (χ0) is 18.8. The van der Waals surface area contributed by atoms with Crippen LogP contribution in [-0.4, -0.2) is 22.0 Å². The number of hydrogen-bond donors (Lipinski definition) is 2. The summed E-state index contributed by atoms with van der Waals surface area (Å²) in [7, 11) is 0. The van der Waals surface area contributed by atoms with Gasteiger partial charge in [0.05, 0.1) is 22.1 Å². The van der Waals surface area contributed by atoms with Crippen molar-refractivity contribution in [2.24, 2.45) is 23.2 Å². The third kappa shape index (κ3) is 2.63. The van der Waals surface area contributed by atoms with E-state index in [4.69, 9.17) is 4.52 Å². The highest BCUT2D eigenvalue weighted by Gasteiger charge is 2.54. The molecule has 0 aliphatic heterocycles. The topological polar surface area (TPSA) is 97.1 Å². The lowest BCUT2D eigenvalue weighted by Gasteiger charge is -2.55. The van der Waals surface area contributed by atoms with Crippen molar-refractivity contribution in [3.63, 3.8) is 0 Å². The van der Waals surface area contributed by atoms with Crippen LogP contribution in [0.4, 0.5) is 0 Å². The molecule has 0 atom stereocenters. The number of aryl methyl sites for hydroxylation is 2. The molecule has 4 aliphatic rings. The summed E-state index contributed by atoms with van der Waals surface area (Å²) in [4.78, 5) is 30.0. The average molecular weight is 368 g/mol. The van der Waals surface area contributed by atoms with Gasteiger partial charge in [-0.25, -0.2) is 4.98 Å². The van der Waals surface area contributed by atoms with Gasteiger partial charge in [-0.3, -0.25) is 20.4 Å². The van der Waals surface area contributed by atoms with Crippen LogP contribution in [0.3, 0.4) is 0 Å². The molecule has 2 N–H and O–H groups in total. The quantitative estimate of drug-likeness (QED) is 0.795. The molecule has 4 fully saturated rings. The van der Waals surface area contributed by atoms with Crippen molar-refractivity contribution < 1.29 is 14.1 Å². The summed E-state index contributed by atoms with van der Waals surface area (Å²) >= 11 is 0. The lowest BCUT2D eigenvalue weighted by atomic mass is 9.49. The fourth-order valence-electron chi connectivity index (χ4n) is 6.10. The molecule has 7 heteroatoms. The van der Waals surface area contributed by atoms with Gasteiger partial charge < -0.3 is 4.52 Å². The lowest BCUT2D eigenvalue weighted by molar-refractivity contribution is -0.147. The first-order valence-corrected chi connectivity index (χ1v) is 9.78. The summed E-state index contributed by atoms with van der Waals surface area (Å²) in [5, 5.41) is 4.48. The smallest absolute Gasteiger partial charge is 0.270 e. The number of nitrogens with one attached hydrogen (secondary N) is 2. The van der Waals surface area contributed by atoms with Gasteiger partial charge >= 0.3 is 0 Å². The van der Waals surface area contributed by atoms with E-state index in [9.17, 15) is 9.59 Å². The molecule has 0 saturated heterocycles. The summed E-state index contributed by atoms with van der Waals surface area (Å²) in [6, 6.07) is 1.69. The highest BCUT2D eigenvalue weighted by molar-refractivity contribution is 6.06. The van der Waals surface area contributed by atoms with Crippen molar-refractivity contribution in [2.75, 3.05) is 0 Å². The Morgan fingerprint density at radius 2 is 1.70 bits per heavy atom. The van der Waals surface area contributed by atoms with E-state index in [0.717, 1.165) is 19.3 Å². The Bertz CT molecular complexity index is 913. The molecule has 27 heavy (non-hydrogen) atoms. The van der Waals surface area contributed by atoms with E-state index in [2.05, 4.69) is 21.0 Å². The van der Waals surface area contributed by atoms with Crippen LogP contribution < -0.4 is 10.9 Å². The summed E-state index contributed by atoms with van der Waals surface area (Å²) < 4.78 is 5.18. The third-order valence-electron chi connectivity index (χ3n) is 6.80. The van der Waals surface area contributed by atoms with Crippen LogP contribution in [0.15, 0.2) is 10.6 Å². The van der Waals surface area contributed by atoms with Crippen LogP contribution in [0.5, 0.6) is 0 Å². The molecule has 0 aromatic carbocycles. The number of pyridine rings is 1. The number of fused-ring (bicyclic) bond motifs is 1. The summed E-state index contributed by atoms with van der Waals surface area (Å²) in [6.07, 6.45) is 6.72. The second-order valence-electron chi connectivity index (χ2n) is 8.87. The molecule has 0 spiro atoms. The van der Waals surface area contributed by atoms with Gasteiger partial charge in [0.15, 0.2) is 0 Å². The van der Waals surface area contributed by atoms with Crippen LogP contribution in [0, 0.1) is 37.0 Å². The molecule has 7 nitrogen and oxygen atoms in total. The number of nitrogens with zero attached hydrogens (tertiary/aromatic N) is 2. The number of hydrazine groups is 1. The molecule has 4 saturated carbocycles. The van der Waals surface area contributed by atoms with E-state index in [-0.39, 0.29) is 17.2 Å². The molecule has 6 rings (SSSR count). The molecule has 142 valence electrons. The Hall–Kier alpha value is -2.44. The van der Waals surface area contributed by atoms with Gasteiger partial charge in [0.1, 0.15) is 0 Å².